The van der Waals surface area contributed by atoms with Gasteiger partial charge in [-0.25, -0.2) is 0 Å². The van der Waals surface area contributed by atoms with Gasteiger partial charge < -0.3 is 10.4 Å². The third kappa shape index (κ3) is 1.93. The maximum Gasteiger partial charge on any atom is 0.269 e. The van der Waals surface area contributed by atoms with Gasteiger partial charge in [-0.05, 0) is 12.1 Å². The largest absolute Gasteiger partial charge is 0.377 e. The fourth-order valence-electron chi connectivity index (χ4n) is 0.792. The number of anilines is 1. The molecule has 0 unspecified atom stereocenters. The molecule has 0 heterocycles. The van der Waals surface area contributed by atoms with Crippen molar-refractivity contribution in [2.45, 2.75) is 0 Å². The van der Waals surface area contributed by atoms with Crippen molar-refractivity contribution in [1.82, 2.24) is 0 Å². The molecule has 2 N–H and O–H groups in total. The van der Waals surface area contributed by atoms with Crippen LogP contribution in [0.4, 0.5) is 11.4 Å². The molecule has 64 valence electrons. The van der Waals surface area contributed by atoms with Crippen LogP contribution in [0.5, 0.6) is 0 Å². The smallest absolute Gasteiger partial charge is 0.269 e. The zero-order valence-corrected chi connectivity index (χ0v) is 6.23. The maximum absolute atomic E-state index is 10.2. The summed E-state index contributed by atoms with van der Waals surface area (Å²) in [4.78, 5) is 9.74. The number of nitro benzene ring substituents is 1. The van der Waals surface area contributed by atoms with E-state index >= 15 is 0 Å². The minimum atomic E-state index is -0.470. The molecule has 12 heavy (non-hydrogen) atoms. The Kier molecular flexibility index (Phi) is 2.60. The Balaban J connectivity index is 2.78. The topological polar surface area (TPSA) is 75.4 Å². The van der Waals surface area contributed by atoms with Crippen LogP contribution in [0.2, 0.25) is 0 Å². The minimum absolute atomic E-state index is 0.0403. The molecule has 0 bridgehead atoms. The first-order valence-electron chi connectivity index (χ1n) is 3.33. The van der Waals surface area contributed by atoms with Crippen molar-refractivity contribution >= 4 is 11.4 Å². The Hall–Kier alpha value is -1.62. The van der Waals surface area contributed by atoms with E-state index in [0.29, 0.717) is 5.69 Å². The second-order valence-corrected chi connectivity index (χ2v) is 2.14. The van der Waals surface area contributed by atoms with Gasteiger partial charge >= 0.3 is 0 Å². The van der Waals surface area contributed by atoms with Crippen LogP contribution in [0.1, 0.15) is 0 Å². The second kappa shape index (κ2) is 3.68. The van der Waals surface area contributed by atoms with Crippen LogP contribution in [0.3, 0.4) is 0 Å². The lowest BCUT2D eigenvalue weighted by Crippen LogP contribution is -1.98. The van der Waals surface area contributed by atoms with E-state index in [0.717, 1.165) is 0 Å². The predicted octanol–water partition coefficient (Wildman–Crippen LogP) is 0.956. The third-order valence-electron chi connectivity index (χ3n) is 1.36. The van der Waals surface area contributed by atoms with Crippen molar-refractivity contribution in [3.63, 3.8) is 0 Å². The number of hydrogen-bond acceptors (Lipinski definition) is 4. The Morgan fingerprint density at radius 2 is 2.00 bits per heavy atom. The zero-order valence-electron chi connectivity index (χ0n) is 6.23. The van der Waals surface area contributed by atoms with Crippen LogP contribution in [0.15, 0.2) is 24.3 Å². The summed E-state index contributed by atoms with van der Waals surface area (Å²) in [7, 11) is 0. The number of non-ortho nitro benzene ring substituents is 1. The van der Waals surface area contributed by atoms with E-state index in [1.165, 1.54) is 24.3 Å². The number of nitrogens with zero attached hydrogens (tertiary/aromatic N) is 1. The molecular weight excluding hydrogens is 160 g/mol. The van der Waals surface area contributed by atoms with Gasteiger partial charge in [0.15, 0.2) is 0 Å². The Morgan fingerprint density at radius 3 is 2.42 bits per heavy atom. The summed E-state index contributed by atoms with van der Waals surface area (Å²) in [6.07, 6.45) is 0. The summed E-state index contributed by atoms with van der Waals surface area (Å²) in [6, 6.07) is 5.82. The molecule has 0 fully saturated rings. The summed E-state index contributed by atoms with van der Waals surface area (Å²) in [5, 5.41) is 21.3. The highest BCUT2D eigenvalue weighted by molar-refractivity contribution is 5.48. The standard InChI is InChI=1S/C7H8N2O3/c10-5-8-6-1-3-7(4-2-6)9(11)12/h1-4,8,10H,5H2. The molecule has 5 heteroatoms. The van der Waals surface area contributed by atoms with Gasteiger partial charge in [-0.2, -0.15) is 0 Å². The molecule has 0 aliphatic carbocycles. The lowest BCUT2D eigenvalue weighted by molar-refractivity contribution is -0.384. The number of nitro groups is 1. The highest BCUT2D eigenvalue weighted by Crippen LogP contribution is 2.14. The van der Waals surface area contributed by atoms with Crippen molar-refractivity contribution in [2.24, 2.45) is 0 Å². The number of benzene rings is 1. The molecule has 5 nitrogen and oxygen atoms in total. The van der Waals surface area contributed by atoms with Crippen molar-refractivity contribution in [3.8, 4) is 0 Å². The van der Waals surface area contributed by atoms with Crippen molar-refractivity contribution in [2.75, 3.05) is 12.0 Å². The van der Waals surface area contributed by atoms with Gasteiger partial charge in [0.25, 0.3) is 5.69 Å². The van der Waals surface area contributed by atoms with Gasteiger partial charge in [0, 0.05) is 17.8 Å². The van der Waals surface area contributed by atoms with E-state index in [9.17, 15) is 10.1 Å². The Bertz CT molecular complexity index is 270. The first-order chi connectivity index (χ1) is 5.74. The summed E-state index contributed by atoms with van der Waals surface area (Å²) < 4.78 is 0. The van der Waals surface area contributed by atoms with E-state index in [1.807, 2.05) is 0 Å². The van der Waals surface area contributed by atoms with Gasteiger partial charge in [0.05, 0.1) is 4.92 Å². The molecule has 0 saturated heterocycles. The number of nitrogens with one attached hydrogen (secondary N) is 1. The van der Waals surface area contributed by atoms with Crippen molar-refractivity contribution in [1.29, 1.82) is 0 Å². The van der Waals surface area contributed by atoms with Crippen LogP contribution in [-0.4, -0.2) is 16.8 Å². The summed E-state index contributed by atoms with van der Waals surface area (Å²) in [6.45, 7) is -0.183. The molecular formula is C7H8N2O3. The van der Waals surface area contributed by atoms with Crippen LogP contribution in [0, 0.1) is 10.1 Å². The van der Waals surface area contributed by atoms with Crippen molar-refractivity contribution < 1.29 is 10.0 Å². The van der Waals surface area contributed by atoms with E-state index in [1.54, 1.807) is 0 Å². The first-order valence-corrected chi connectivity index (χ1v) is 3.33. The van der Waals surface area contributed by atoms with E-state index in [2.05, 4.69) is 5.32 Å². The summed E-state index contributed by atoms with van der Waals surface area (Å²) in [5.41, 5.74) is 0.696. The molecule has 1 aromatic rings. The van der Waals surface area contributed by atoms with Crippen LogP contribution < -0.4 is 5.32 Å². The normalized spacial score (nSPS) is 9.42. The number of aliphatic hydroxyl groups excluding tert-OH is 1. The SMILES string of the molecule is O=[N+]([O-])c1ccc(NCO)cc1. The third-order valence-corrected chi connectivity index (χ3v) is 1.36. The molecule has 0 saturated carbocycles. The fourth-order valence-corrected chi connectivity index (χ4v) is 0.792. The van der Waals surface area contributed by atoms with Crippen LogP contribution in [-0.2, 0) is 0 Å². The van der Waals surface area contributed by atoms with Gasteiger partial charge in [-0.3, -0.25) is 10.1 Å². The predicted molar refractivity (Wildman–Crippen MR) is 43.8 cm³/mol. The quantitative estimate of drug-likeness (QED) is 0.400. The molecule has 1 rings (SSSR count). The molecule has 0 spiro atoms. The highest BCUT2D eigenvalue weighted by Gasteiger charge is 2.02. The summed E-state index contributed by atoms with van der Waals surface area (Å²) in [5.74, 6) is 0. The average Bonchev–Trinajstić information content (AvgIpc) is 2.06. The highest BCUT2D eigenvalue weighted by atomic mass is 16.6. The molecule has 0 aliphatic heterocycles. The molecule has 0 atom stereocenters. The molecule has 0 amide bonds. The van der Waals surface area contributed by atoms with Gasteiger partial charge in [-0.15, -0.1) is 0 Å². The van der Waals surface area contributed by atoms with Gasteiger partial charge in [-0.1, -0.05) is 0 Å². The van der Waals surface area contributed by atoms with Crippen LogP contribution in [0.25, 0.3) is 0 Å². The molecule has 0 radical (unpaired) electrons. The molecule has 0 aromatic heterocycles. The second-order valence-electron chi connectivity index (χ2n) is 2.14. The lowest BCUT2D eigenvalue weighted by atomic mass is 10.3. The number of rotatable bonds is 3. The Morgan fingerprint density at radius 1 is 1.42 bits per heavy atom. The fraction of sp³-hybridized carbons (Fsp3) is 0.143. The minimum Gasteiger partial charge on any atom is -0.377 e. The number of aliphatic hydroxyl groups is 1. The zero-order chi connectivity index (χ0) is 8.97. The average molecular weight is 168 g/mol. The molecule has 1 aromatic carbocycles. The Labute approximate surface area is 68.8 Å². The summed E-state index contributed by atoms with van der Waals surface area (Å²) >= 11 is 0. The monoisotopic (exact) mass is 168 g/mol. The van der Waals surface area contributed by atoms with E-state index in [4.69, 9.17) is 5.11 Å². The van der Waals surface area contributed by atoms with Gasteiger partial charge in [0.2, 0.25) is 0 Å². The van der Waals surface area contributed by atoms with Crippen molar-refractivity contribution in [3.05, 3.63) is 34.4 Å². The number of hydrogen-bond donors (Lipinski definition) is 2. The molecule has 0 aliphatic rings. The van der Waals surface area contributed by atoms with E-state index < -0.39 is 4.92 Å². The van der Waals surface area contributed by atoms with Gasteiger partial charge in [0.1, 0.15) is 6.73 Å². The maximum atomic E-state index is 10.2. The van der Waals surface area contributed by atoms with E-state index in [-0.39, 0.29) is 12.4 Å². The first kappa shape index (κ1) is 8.48. The lowest BCUT2D eigenvalue weighted by Gasteiger charge is -1.99. The van der Waals surface area contributed by atoms with Crippen LogP contribution >= 0.6 is 0 Å².